The fourth-order valence-electron chi connectivity index (χ4n) is 3.51. The van der Waals surface area contributed by atoms with Gasteiger partial charge in [-0.1, -0.05) is 89.1 Å². The molecule has 1 aromatic heterocycles. The molecule has 4 nitrogen and oxygen atoms in total. The molecule has 1 unspecified atom stereocenters. The van der Waals surface area contributed by atoms with Crippen LogP contribution in [0.5, 0.6) is 0 Å². The number of carbonyl (C=O) groups excluding carboxylic acids is 1. The molecule has 0 aliphatic heterocycles. The van der Waals surface area contributed by atoms with Crippen LogP contribution in [0.3, 0.4) is 0 Å². The largest absolute Gasteiger partial charge is 0.325 e. The van der Waals surface area contributed by atoms with Crippen molar-refractivity contribution in [2.24, 2.45) is 0 Å². The van der Waals surface area contributed by atoms with Gasteiger partial charge >= 0.3 is 0 Å². The van der Waals surface area contributed by atoms with Gasteiger partial charge in [0.2, 0.25) is 5.91 Å². The molecule has 0 bridgehead atoms. The summed E-state index contributed by atoms with van der Waals surface area (Å²) in [6, 6.07) is 26.5. The number of thioether (sulfide) groups is 1. The molecule has 0 radical (unpaired) electrons. The zero-order chi connectivity index (χ0) is 24.9. The molecule has 0 aliphatic rings. The van der Waals surface area contributed by atoms with E-state index in [1.165, 1.54) is 11.8 Å². The molecule has 7 heteroatoms. The summed E-state index contributed by atoms with van der Waals surface area (Å²) in [6.45, 7) is 3.80. The number of nitriles is 1. The van der Waals surface area contributed by atoms with Crippen LogP contribution in [0, 0.1) is 18.3 Å². The van der Waals surface area contributed by atoms with Crippen molar-refractivity contribution in [3.05, 3.63) is 100 Å². The smallest absolute Gasteiger partial charge is 0.237 e. The first-order valence-electron chi connectivity index (χ1n) is 10.9. The molecule has 3 aromatic carbocycles. The normalized spacial score (nSPS) is 11.5. The van der Waals surface area contributed by atoms with Gasteiger partial charge in [0.25, 0.3) is 0 Å². The number of carbonyl (C=O) groups is 1. The molecular weight excluding hydrogens is 497 g/mol. The first-order chi connectivity index (χ1) is 16.9. The van der Waals surface area contributed by atoms with Crippen LogP contribution in [-0.2, 0) is 4.79 Å². The maximum atomic E-state index is 12.9. The maximum Gasteiger partial charge on any atom is 0.237 e. The van der Waals surface area contributed by atoms with E-state index in [1.54, 1.807) is 37.3 Å². The van der Waals surface area contributed by atoms with Gasteiger partial charge in [-0.05, 0) is 44.2 Å². The summed E-state index contributed by atoms with van der Waals surface area (Å²) < 4.78 is 0. The molecule has 0 saturated carbocycles. The topological polar surface area (TPSA) is 65.8 Å². The van der Waals surface area contributed by atoms with E-state index in [4.69, 9.17) is 28.2 Å². The van der Waals surface area contributed by atoms with E-state index >= 15 is 0 Å². The Bertz CT molecular complexity index is 1430. The first kappa shape index (κ1) is 24.8. The van der Waals surface area contributed by atoms with E-state index in [-0.39, 0.29) is 5.91 Å². The van der Waals surface area contributed by atoms with Crippen LogP contribution in [0.1, 0.15) is 18.1 Å². The summed E-state index contributed by atoms with van der Waals surface area (Å²) in [5, 5.41) is 14.0. The second-order valence-corrected chi connectivity index (χ2v) is 10.1. The molecule has 174 valence electrons. The monoisotopic (exact) mass is 517 g/mol. The number of rotatable bonds is 6. The molecule has 1 amide bonds. The minimum Gasteiger partial charge on any atom is -0.325 e. The molecule has 1 atom stereocenters. The summed E-state index contributed by atoms with van der Waals surface area (Å²) in [6.07, 6.45) is 0. The van der Waals surface area contributed by atoms with Crippen molar-refractivity contribution in [1.29, 1.82) is 5.26 Å². The summed E-state index contributed by atoms with van der Waals surface area (Å²) in [5.74, 6) is -0.219. The third-order valence-electron chi connectivity index (χ3n) is 5.36. The molecule has 35 heavy (non-hydrogen) atoms. The van der Waals surface area contributed by atoms with Crippen molar-refractivity contribution in [2.45, 2.75) is 24.1 Å². The molecular formula is C28H21Cl2N3OS. The van der Waals surface area contributed by atoms with Crippen molar-refractivity contribution in [3.63, 3.8) is 0 Å². The van der Waals surface area contributed by atoms with Gasteiger partial charge < -0.3 is 5.32 Å². The summed E-state index contributed by atoms with van der Waals surface area (Å²) in [4.78, 5) is 17.7. The fourth-order valence-corrected chi connectivity index (χ4v) is 4.86. The number of aromatic nitrogens is 1. The fraction of sp³-hybridized carbons (Fsp3) is 0.107. The van der Waals surface area contributed by atoms with E-state index in [0.29, 0.717) is 37.6 Å². The third kappa shape index (κ3) is 5.86. The molecule has 0 aliphatic carbocycles. The lowest BCUT2D eigenvalue weighted by Gasteiger charge is -2.16. The van der Waals surface area contributed by atoms with Crippen molar-refractivity contribution in [2.75, 3.05) is 5.32 Å². The Balaban J connectivity index is 1.76. The summed E-state index contributed by atoms with van der Waals surface area (Å²) in [5.41, 5.74) is 5.13. The number of halogens is 2. The Morgan fingerprint density at radius 2 is 1.74 bits per heavy atom. The van der Waals surface area contributed by atoms with Gasteiger partial charge in [0.1, 0.15) is 11.1 Å². The van der Waals surface area contributed by atoms with Crippen LogP contribution >= 0.6 is 35.0 Å². The zero-order valence-corrected chi connectivity index (χ0v) is 21.4. The van der Waals surface area contributed by atoms with Gasteiger partial charge in [-0.2, -0.15) is 5.26 Å². The van der Waals surface area contributed by atoms with Gasteiger partial charge in [0.15, 0.2) is 0 Å². The average molecular weight is 518 g/mol. The van der Waals surface area contributed by atoms with Crippen molar-refractivity contribution in [3.8, 4) is 28.5 Å². The van der Waals surface area contributed by atoms with Crippen LogP contribution in [-0.4, -0.2) is 16.1 Å². The Morgan fingerprint density at radius 3 is 2.43 bits per heavy atom. The SMILES string of the molecule is Cc1ccc(-c2cc(-c3ccccc3Cl)c(C#N)c(SC(C)C(=O)Nc3cccc(Cl)c3)n2)cc1. The van der Waals surface area contributed by atoms with Crippen molar-refractivity contribution < 1.29 is 4.79 Å². The molecule has 1 heterocycles. The van der Waals surface area contributed by atoms with E-state index in [0.717, 1.165) is 16.7 Å². The minimum atomic E-state index is -0.527. The Labute approximate surface area is 218 Å². The molecule has 1 N–H and O–H groups in total. The molecule has 0 saturated heterocycles. The highest BCUT2D eigenvalue weighted by Gasteiger charge is 2.22. The third-order valence-corrected chi connectivity index (χ3v) is 7.01. The number of nitrogens with one attached hydrogen (secondary N) is 1. The summed E-state index contributed by atoms with van der Waals surface area (Å²) >= 11 is 13.8. The molecule has 4 rings (SSSR count). The lowest BCUT2D eigenvalue weighted by Crippen LogP contribution is -2.22. The average Bonchev–Trinajstić information content (AvgIpc) is 2.84. The van der Waals surface area contributed by atoms with Gasteiger partial charge in [-0.3, -0.25) is 4.79 Å². The standard InChI is InChI=1S/C28H21Cl2N3OS/c1-17-10-12-19(13-11-17)26-15-23(22-8-3-4-9-25(22)30)24(16-31)28(33-26)35-18(2)27(34)32-21-7-5-6-20(29)14-21/h3-15,18H,1-2H3,(H,32,34). The highest BCUT2D eigenvalue weighted by molar-refractivity contribution is 8.00. The van der Waals surface area contributed by atoms with Crippen LogP contribution in [0.15, 0.2) is 83.9 Å². The molecule has 0 fully saturated rings. The van der Waals surface area contributed by atoms with Crippen molar-refractivity contribution in [1.82, 2.24) is 4.98 Å². The van der Waals surface area contributed by atoms with Crippen LogP contribution < -0.4 is 5.32 Å². The van der Waals surface area contributed by atoms with Gasteiger partial charge in [-0.25, -0.2) is 4.98 Å². The number of pyridine rings is 1. The number of anilines is 1. The number of nitrogens with zero attached hydrogens (tertiary/aromatic N) is 2. The van der Waals surface area contributed by atoms with Crippen LogP contribution in [0.25, 0.3) is 22.4 Å². The van der Waals surface area contributed by atoms with E-state index in [1.807, 2.05) is 55.5 Å². The minimum absolute atomic E-state index is 0.219. The number of hydrogen-bond acceptors (Lipinski definition) is 4. The second kappa shape index (κ2) is 11.0. The van der Waals surface area contributed by atoms with Crippen LogP contribution in [0.2, 0.25) is 10.0 Å². The second-order valence-electron chi connectivity index (χ2n) is 7.95. The number of amides is 1. The predicted octanol–water partition coefficient (Wildman–Crippen LogP) is 8.02. The highest BCUT2D eigenvalue weighted by atomic mass is 35.5. The Kier molecular flexibility index (Phi) is 7.77. The van der Waals surface area contributed by atoms with Crippen LogP contribution in [0.4, 0.5) is 5.69 Å². The molecule has 4 aromatic rings. The maximum absolute atomic E-state index is 12.9. The Morgan fingerprint density at radius 1 is 1.00 bits per heavy atom. The first-order valence-corrected chi connectivity index (χ1v) is 12.5. The molecule has 0 spiro atoms. The number of hydrogen-bond donors (Lipinski definition) is 1. The highest BCUT2D eigenvalue weighted by Crippen LogP contribution is 2.38. The lowest BCUT2D eigenvalue weighted by atomic mass is 9.99. The summed E-state index contributed by atoms with van der Waals surface area (Å²) in [7, 11) is 0. The van der Waals surface area contributed by atoms with E-state index in [2.05, 4.69) is 11.4 Å². The van der Waals surface area contributed by atoms with E-state index < -0.39 is 5.25 Å². The zero-order valence-electron chi connectivity index (χ0n) is 19.0. The van der Waals surface area contributed by atoms with Gasteiger partial charge in [0, 0.05) is 32.4 Å². The number of benzene rings is 3. The van der Waals surface area contributed by atoms with Gasteiger partial charge in [-0.15, -0.1) is 0 Å². The Hall–Kier alpha value is -3.30. The lowest BCUT2D eigenvalue weighted by molar-refractivity contribution is -0.115. The predicted molar refractivity (Wildman–Crippen MR) is 145 cm³/mol. The van der Waals surface area contributed by atoms with E-state index in [9.17, 15) is 10.1 Å². The quantitative estimate of drug-likeness (QED) is 0.263. The van der Waals surface area contributed by atoms with Gasteiger partial charge in [0.05, 0.1) is 16.5 Å². The van der Waals surface area contributed by atoms with Crippen molar-refractivity contribution >= 4 is 46.6 Å². The number of aryl methyl sites for hydroxylation is 1.